The Morgan fingerprint density at radius 1 is 0.941 bits per heavy atom. The van der Waals surface area contributed by atoms with Crippen molar-refractivity contribution in [3.63, 3.8) is 0 Å². The highest BCUT2D eigenvalue weighted by atomic mass is 32.2. The molecule has 8 heteroatoms. The van der Waals surface area contributed by atoms with Crippen molar-refractivity contribution < 1.29 is 22.7 Å². The average Bonchev–Trinajstić information content (AvgIpc) is 2.84. The molecule has 0 saturated carbocycles. The number of fused-ring (bicyclic) bond motifs is 3. The summed E-state index contributed by atoms with van der Waals surface area (Å²) in [5, 5.41) is 2.82. The fourth-order valence-corrected chi connectivity index (χ4v) is 5.71. The number of hydrogen-bond acceptors (Lipinski definition) is 5. The summed E-state index contributed by atoms with van der Waals surface area (Å²) in [6.07, 6.45) is 0. The summed E-state index contributed by atoms with van der Waals surface area (Å²) in [7, 11) is -0.794. The molecule has 0 radical (unpaired) electrons. The molecule has 0 aromatic heterocycles. The Labute approximate surface area is 200 Å². The van der Waals surface area contributed by atoms with Crippen molar-refractivity contribution in [2.24, 2.45) is 0 Å². The van der Waals surface area contributed by atoms with E-state index < -0.39 is 15.9 Å². The SMILES string of the molecule is COc1ccc(CNC(=O)CN2c3ccc(C(C)C)cc3-c3ccccc3S2(=O)=O)cc1OC. The van der Waals surface area contributed by atoms with Gasteiger partial charge in [0.25, 0.3) is 10.0 Å². The summed E-state index contributed by atoms with van der Waals surface area (Å²) < 4.78 is 38.7. The van der Waals surface area contributed by atoms with Crippen molar-refractivity contribution in [1.29, 1.82) is 0 Å². The Hall–Kier alpha value is -3.52. The first-order valence-corrected chi connectivity index (χ1v) is 12.4. The maximum Gasteiger partial charge on any atom is 0.265 e. The average molecular weight is 481 g/mol. The molecule has 1 heterocycles. The van der Waals surface area contributed by atoms with Crippen LogP contribution in [0.5, 0.6) is 11.5 Å². The quantitative estimate of drug-likeness (QED) is 0.544. The Bertz CT molecular complexity index is 1330. The van der Waals surface area contributed by atoms with Gasteiger partial charge in [-0.3, -0.25) is 9.10 Å². The summed E-state index contributed by atoms with van der Waals surface area (Å²) >= 11 is 0. The van der Waals surface area contributed by atoms with Crippen LogP contribution in [-0.4, -0.2) is 35.1 Å². The minimum Gasteiger partial charge on any atom is -0.493 e. The van der Waals surface area contributed by atoms with E-state index in [0.717, 1.165) is 16.7 Å². The fourth-order valence-electron chi connectivity index (χ4n) is 4.06. The number of carbonyl (C=O) groups is 1. The maximum absolute atomic E-state index is 13.5. The first-order valence-electron chi connectivity index (χ1n) is 11.0. The van der Waals surface area contributed by atoms with E-state index in [-0.39, 0.29) is 23.9 Å². The van der Waals surface area contributed by atoms with E-state index in [0.29, 0.717) is 22.7 Å². The maximum atomic E-state index is 13.5. The van der Waals surface area contributed by atoms with Gasteiger partial charge in [0, 0.05) is 17.7 Å². The van der Waals surface area contributed by atoms with Crippen LogP contribution >= 0.6 is 0 Å². The van der Waals surface area contributed by atoms with Crippen molar-refractivity contribution in [2.45, 2.75) is 31.2 Å². The van der Waals surface area contributed by atoms with Crippen molar-refractivity contribution in [2.75, 3.05) is 25.1 Å². The lowest BCUT2D eigenvalue weighted by Crippen LogP contribution is -2.42. The summed E-state index contributed by atoms with van der Waals surface area (Å²) in [5.41, 5.74) is 3.88. The molecule has 178 valence electrons. The Kier molecular flexibility index (Phi) is 6.52. The van der Waals surface area contributed by atoms with Crippen molar-refractivity contribution in [3.8, 4) is 22.6 Å². The van der Waals surface area contributed by atoms with Crippen LogP contribution in [0.1, 0.15) is 30.9 Å². The first kappa shape index (κ1) is 23.6. The van der Waals surface area contributed by atoms with Gasteiger partial charge in [0.2, 0.25) is 5.91 Å². The zero-order chi connectivity index (χ0) is 24.5. The molecule has 3 aromatic rings. The standard InChI is InChI=1S/C26H28N2O5S/c1-17(2)19-10-11-22-21(14-19)20-7-5-6-8-25(20)34(30,31)28(22)16-26(29)27-15-18-9-12-23(32-3)24(13-18)33-4/h5-14,17H,15-16H2,1-4H3,(H,27,29). The second kappa shape index (κ2) is 9.38. The summed E-state index contributed by atoms with van der Waals surface area (Å²) in [6.45, 7) is 4.08. The zero-order valence-electron chi connectivity index (χ0n) is 19.7. The molecule has 0 aliphatic carbocycles. The number of nitrogens with one attached hydrogen (secondary N) is 1. The minimum absolute atomic E-state index is 0.205. The molecule has 0 atom stereocenters. The van der Waals surface area contributed by atoms with Crippen LogP contribution in [0.15, 0.2) is 65.6 Å². The van der Waals surface area contributed by atoms with E-state index in [1.807, 2.05) is 30.3 Å². The van der Waals surface area contributed by atoms with Crippen LogP contribution in [0.3, 0.4) is 0 Å². The number of nitrogens with zero attached hydrogens (tertiary/aromatic N) is 1. The Morgan fingerprint density at radius 3 is 2.38 bits per heavy atom. The van der Waals surface area contributed by atoms with Crippen LogP contribution in [0.2, 0.25) is 0 Å². The summed E-state index contributed by atoms with van der Waals surface area (Å²) in [4.78, 5) is 13.1. The van der Waals surface area contributed by atoms with Gasteiger partial charge in [-0.15, -0.1) is 0 Å². The monoisotopic (exact) mass is 480 g/mol. The van der Waals surface area contributed by atoms with E-state index in [1.54, 1.807) is 44.6 Å². The van der Waals surface area contributed by atoms with Gasteiger partial charge in [0.05, 0.1) is 24.8 Å². The van der Waals surface area contributed by atoms with Gasteiger partial charge in [0.1, 0.15) is 6.54 Å². The van der Waals surface area contributed by atoms with Crippen LogP contribution < -0.4 is 19.1 Å². The fraction of sp³-hybridized carbons (Fsp3) is 0.269. The van der Waals surface area contributed by atoms with E-state index >= 15 is 0 Å². The second-order valence-electron chi connectivity index (χ2n) is 8.41. The molecule has 0 saturated heterocycles. The van der Waals surface area contributed by atoms with Crippen LogP contribution in [0, 0.1) is 0 Å². The molecule has 1 aliphatic heterocycles. The van der Waals surface area contributed by atoms with Gasteiger partial charge in [-0.05, 0) is 47.4 Å². The number of rotatable bonds is 7. The number of amides is 1. The van der Waals surface area contributed by atoms with Crippen molar-refractivity contribution in [3.05, 3.63) is 71.8 Å². The van der Waals surface area contributed by atoms with E-state index in [9.17, 15) is 13.2 Å². The number of carbonyl (C=O) groups excluding carboxylic acids is 1. The molecule has 1 N–H and O–H groups in total. The van der Waals surface area contributed by atoms with Crippen LogP contribution in [0.25, 0.3) is 11.1 Å². The molecular formula is C26H28N2O5S. The third kappa shape index (κ3) is 4.33. The number of hydrogen-bond donors (Lipinski definition) is 1. The van der Waals surface area contributed by atoms with Gasteiger partial charge in [-0.2, -0.15) is 0 Å². The van der Waals surface area contributed by atoms with Gasteiger partial charge in [0.15, 0.2) is 11.5 Å². The third-order valence-electron chi connectivity index (χ3n) is 5.93. The number of anilines is 1. The number of sulfonamides is 1. The first-order chi connectivity index (χ1) is 16.3. The molecule has 0 unspecified atom stereocenters. The van der Waals surface area contributed by atoms with Crippen LogP contribution in [-0.2, 0) is 21.4 Å². The predicted octanol–water partition coefficient (Wildman–Crippen LogP) is 4.32. The molecule has 3 aromatic carbocycles. The molecule has 1 aliphatic rings. The molecule has 34 heavy (non-hydrogen) atoms. The normalized spacial score (nSPS) is 13.7. The molecule has 0 spiro atoms. The third-order valence-corrected chi connectivity index (χ3v) is 7.74. The molecule has 0 bridgehead atoms. The lowest BCUT2D eigenvalue weighted by atomic mass is 9.95. The van der Waals surface area contributed by atoms with Crippen molar-refractivity contribution in [1.82, 2.24) is 5.32 Å². The number of ether oxygens (including phenoxy) is 2. The zero-order valence-corrected chi connectivity index (χ0v) is 20.5. The highest BCUT2D eigenvalue weighted by Gasteiger charge is 2.36. The highest BCUT2D eigenvalue weighted by molar-refractivity contribution is 7.93. The lowest BCUT2D eigenvalue weighted by molar-refractivity contribution is -0.119. The lowest BCUT2D eigenvalue weighted by Gasteiger charge is -2.32. The molecule has 4 rings (SSSR count). The molecule has 1 amide bonds. The predicted molar refractivity (Wildman–Crippen MR) is 132 cm³/mol. The smallest absolute Gasteiger partial charge is 0.265 e. The Balaban J connectivity index is 1.61. The largest absolute Gasteiger partial charge is 0.493 e. The summed E-state index contributed by atoms with van der Waals surface area (Å²) in [5.74, 6) is 1.03. The van der Waals surface area contributed by atoms with Gasteiger partial charge in [-0.25, -0.2) is 8.42 Å². The number of benzene rings is 3. The van der Waals surface area contributed by atoms with Gasteiger partial charge < -0.3 is 14.8 Å². The van der Waals surface area contributed by atoms with Gasteiger partial charge in [-0.1, -0.05) is 44.2 Å². The van der Waals surface area contributed by atoms with Crippen molar-refractivity contribution >= 4 is 21.6 Å². The second-order valence-corrected chi connectivity index (χ2v) is 10.2. The van der Waals surface area contributed by atoms with E-state index in [1.165, 1.54) is 4.31 Å². The minimum atomic E-state index is -3.89. The molecule has 7 nitrogen and oxygen atoms in total. The number of methoxy groups -OCH3 is 2. The van der Waals surface area contributed by atoms with Gasteiger partial charge >= 0.3 is 0 Å². The highest BCUT2D eigenvalue weighted by Crippen LogP contribution is 2.43. The van der Waals surface area contributed by atoms with E-state index in [2.05, 4.69) is 19.2 Å². The topological polar surface area (TPSA) is 84.9 Å². The summed E-state index contributed by atoms with van der Waals surface area (Å²) in [6, 6.07) is 18.0. The Morgan fingerprint density at radius 2 is 1.68 bits per heavy atom. The van der Waals surface area contributed by atoms with E-state index in [4.69, 9.17) is 9.47 Å². The van der Waals surface area contributed by atoms with Crippen LogP contribution in [0.4, 0.5) is 5.69 Å². The molecule has 0 fully saturated rings. The molecular weight excluding hydrogens is 452 g/mol.